The number of morpholine rings is 1. The van der Waals surface area contributed by atoms with Crippen molar-refractivity contribution in [2.24, 2.45) is 0 Å². The summed E-state index contributed by atoms with van der Waals surface area (Å²) in [5.41, 5.74) is 6.91. The van der Waals surface area contributed by atoms with E-state index in [1.165, 1.54) is 4.90 Å². The van der Waals surface area contributed by atoms with Crippen LogP contribution in [-0.4, -0.2) is 96.2 Å². The van der Waals surface area contributed by atoms with Gasteiger partial charge in [-0.15, -0.1) is 0 Å². The molecule has 13 heteroatoms. The topological polar surface area (TPSA) is 154 Å². The Hall–Kier alpha value is -3.06. The quantitative estimate of drug-likeness (QED) is 0.563. The minimum absolute atomic E-state index is 0.0789. The van der Waals surface area contributed by atoms with E-state index in [-0.39, 0.29) is 24.1 Å². The zero-order valence-corrected chi connectivity index (χ0v) is 20.2. The number of rotatable bonds is 7. The summed E-state index contributed by atoms with van der Waals surface area (Å²) in [6.45, 7) is 3.85. The van der Waals surface area contributed by atoms with Crippen molar-refractivity contribution < 1.29 is 22.7 Å². The fraction of sp³-hybridized carbons (Fsp3) is 0.571. The van der Waals surface area contributed by atoms with Crippen LogP contribution in [0.25, 0.3) is 11.3 Å². The third-order valence-corrected chi connectivity index (χ3v) is 6.74. The maximum atomic E-state index is 12.2. The highest BCUT2D eigenvalue weighted by Gasteiger charge is 2.37. The minimum Gasteiger partial charge on any atom is -0.474 e. The molecule has 1 saturated heterocycles. The van der Waals surface area contributed by atoms with Crippen LogP contribution in [0.5, 0.6) is 5.88 Å². The molecule has 2 aromatic heterocycles. The molecule has 184 valence electrons. The molecule has 2 aromatic rings. The van der Waals surface area contributed by atoms with E-state index in [0.717, 1.165) is 6.26 Å². The molecule has 1 amide bonds. The van der Waals surface area contributed by atoms with Gasteiger partial charge in [-0.2, -0.15) is 4.98 Å². The van der Waals surface area contributed by atoms with Crippen molar-refractivity contribution in [2.45, 2.75) is 38.0 Å². The van der Waals surface area contributed by atoms with Crippen molar-refractivity contribution >= 4 is 27.6 Å². The van der Waals surface area contributed by atoms with Crippen LogP contribution in [0.2, 0.25) is 0 Å². The molecule has 0 aromatic carbocycles. The Labute approximate surface area is 198 Å². The lowest BCUT2D eigenvalue weighted by atomic mass is 9.88. The van der Waals surface area contributed by atoms with Gasteiger partial charge in [-0.25, -0.2) is 23.4 Å². The van der Waals surface area contributed by atoms with Crippen molar-refractivity contribution in [3.63, 3.8) is 0 Å². The standard InChI is InChI=1S/C21H29N7O5S/c1-13-11-32-5-4-28(13)21-25-17(14-9-23-20(22)24-10-14)8-18(26-21)33-16-6-15(7-16)27(2)19(29)12-34(3,30)31/h8-10,13,15-16H,4-7,11-12H2,1-3H3,(H2,22,23,24)/t13-,15-,16-/m0/s1. The molecular weight excluding hydrogens is 462 g/mol. The lowest BCUT2D eigenvalue weighted by Crippen LogP contribution is -2.51. The lowest BCUT2D eigenvalue weighted by molar-refractivity contribution is -0.132. The van der Waals surface area contributed by atoms with Crippen LogP contribution in [-0.2, 0) is 19.4 Å². The molecule has 1 saturated carbocycles. The van der Waals surface area contributed by atoms with Crippen LogP contribution in [0, 0.1) is 0 Å². The first-order chi connectivity index (χ1) is 16.1. The van der Waals surface area contributed by atoms with Gasteiger partial charge in [0, 0.05) is 62.8 Å². The van der Waals surface area contributed by atoms with Crippen molar-refractivity contribution in [3.8, 4) is 17.1 Å². The predicted molar refractivity (Wildman–Crippen MR) is 125 cm³/mol. The van der Waals surface area contributed by atoms with Gasteiger partial charge in [0.05, 0.1) is 24.9 Å². The maximum Gasteiger partial charge on any atom is 0.237 e. The molecule has 0 radical (unpaired) electrons. The molecule has 1 aliphatic carbocycles. The maximum absolute atomic E-state index is 12.2. The Balaban J connectivity index is 1.50. The monoisotopic (exact) mass is 491 g/mol. The zero-order valence-electron chi connectivity index (χ0n) is 19.4. The second-order valence-electron chi connectivity index (χ2n) is 8.78. The Kier molecular flexibility index (Phi) is 6.84. The van der Waals surface area contributed by atoms with Crippen LogP contribution < -0.4 is 15.4 Å². The molecule has 1 aliphatic heterocycles. The van der Waals surface area contributed by atoms with Crippen molar-refractivity contribution in [1.82, 2.24) is 24.8 Å². The second kappa shape index (κ2) is 9.66. The Morgan fingerprint density at radius 1 is 1.29 bits per heavy atom. The first kappa shape index (κ1) is 24.1. The van der Waals surface area contributed by atoms with Gasteiger partial charge in [0.1, 0.15) is 11.9 Å². The fourth-order valence-electron chi connectivity index (χ4n) is 3.89. The van der Waals surface area contributed by atoms with Gasteiger partial charge in [-0.05, 0) is 6.92 Å². The number of nitrogens with zero attached hydrogens (tertiary/aromatic N) is 6. The van der Waals surface area contributed by atoms with E-state index >= 15 is 0 Å². The number of hydrogen-bond donors (Lipinski definition) is 1. The van der Waals surface area contributed by atoms with Gasteiger partial charge in [0.2, 0.25) is 23.7 Å². The average Bonchev–Trinajstić information content (AvgIpc) is 2.75. The van der Waals surface area contributed by atoms with Crippen LogP contribution in [0.3, 0.4) is 0 Å². The first-order valence-electron chi connectivity index (χ1n) is 11.0. The number of aromatic nitrogens is 4. The molecule has 2 aliphatic rings. The van der Waals surface area contributed by atoms with Crippen molar-refractivity contribution in [1.29, 1.82) is 0 Å². The van der Waals surface area contributed by atoms with Crippen LogP contribution in [0.4, 0.5) is 11.9 Å². The smallest absolute Gasteiger partial charge is 0.237 e. The largest absolute Gasteiger partial charge is 0.474 e. The summed E-state index contributed by atoms with van der Waals surface area (Å²) in [6.07, 6.45) is 5.26. The second-order valence-corrected chi connectivity index (χ2v) is 10.9. The molecule has 34 heavy (non-hydrogen) atoms. The fourth-order valence-corrected chi connectivity index (χ4v) is 4.55. The lowest BCUT2D eigenvalue weighted by Gasteiger charge is -2.40. The summed E-state index contributed by atoms with van der Waals surface area (Å²) in [4.78, 5) is 33.2. The molecular formula is C21H29N7O5S. The van der Waals surface area contributed by atoms with Crippen molar-refractivity contribution in [2.75, 3.05) is 49.4 Å². The summed E-state index contributed by atoms with van der Waals surface area (Å²) in [5.74, 6) is 0.194. The van der Waals surface area contributed by atoms with Gasteiger partial charge in [-0.3, -0.25) is 4.79 Å². The first-order valence-corrected chi connectivity index (χ1v) is 13.1. The van der Waals surface area contributed by atoms with Crippen LogP contribution in [0.1, 0.15) is 19.8 Å². The number of carbonyl (C=O) groups excluding carboxylic acids is 1. The molecule has 0 bridgehead atoms. The molecule has 2 fully saturated rings. The summed E-state index contributed by atoms with van der Waals surface area (Å²) in [6, 6.07) is 1.75. The summed E-state index contributed by atoms with van der Waals surface area (Å²) >= 11 is 0. The van der Waals surface area contributed by atoms with E-state index in [1.807, 2.05) is 6.92 Å². The van der Waals surface area contributed by atoms with E-state index < -0.39 is 21.5 Å². The highest BCUT2D eigenvalue weighted by molar-refractivity contribution is 7.91. The summed E-state index contributed by atoms with van der Waals surface area (Å²) in [5, 5.41) is 0. The van der Waals surface area contributed by atoms with Crippen LogP contribution in [0.15, 0.2) is 18.5 Å². The number of anilines is 2. The van der Waals surface area contributed by atoms with E-state index in [1.54, 1.807) is 25.5 Å². The number of ether oxygens (including phenoxy) is 2. The highest BCUT2D eigenvalue weighted by Crippen LogP contribution is 2.31. The molecule has 0 spiro atoms. The van der Waals surface area contributed by atoms with Gasteiger partial charge in [0.25, 0.3) is 0 Å². The molecule has 0 unspecified atom stereocenters. The zero-order chi connectivity index (χ0) is 24.5. The van der Waals surface area contributed by atoms with Gasteiger partial charge < -0.3 is 25.0 Å². The average molecular weight is 492 g/mol. The normalized spacial score (nSPS) is 22.7. The molecule has 4 rings (SSSR count). The van der Waals surface area contributed by atoms with Crippen molar-refractivity contribution in [3.05, 3.63) is 18.5 Å². The number of nitrogens with two attached hydrogens (primary N) is 1. The number of amides is 1. The molecule has 3 heterocycles. The number of carbonyl (C=O) groups is 1. The summed E-state index contributed by atoms with van der Waals surface area (Å²) in [7, 11) is -1.75. The third kappa shape index (κ3) is 5.70. The molecule has 1 atom stereocenters. The van der Waals surface area contributed by atoms with E-state index in [4.69, 9.17) is 20.2 Å². The Morgan fingerprint density at radius 2 is 2.00 bits per heavy atom. The SMILES string of the molecule is C[C@H]1COCCN1c1nc(O[C@H]2C[C@H](N(C)C(=O)CS(C)(=O)=O)C2)cc(-c2cnc(N)nc2)n1. The van der Waals surface area contributed by atoms with E-state index in [2.05, 4.69) is 19.9 Å². The van der Waals surface area contributed by atoms with Gasteiger partial charge in [0.15, 0.2) is 9.84 Å². The number of nitrogen functional groups attached to an aromatic ring is 1. The van der Waals surface area contributed by atoms with E-state index in [9.17, 15) is 13.2 Å². The predicted octanol–water partition coefficient (Wildman–Crippen LogP) is 0.154. The third-order valence-electron chi connectivity index (χ3n) is 5.97. The number of sulfone groups is 1. The molecule has 12 nitrogen and oxygen atoms in total. The Morgan fingerprint density at radius 3 is 2.65 bits per heavy atom. The van der Waals surface area contributed by atoms with E-state index in [0.29, 0.717) is 55.7 Å². The summed E-state index contributed by atoms with van der Waals surface area (Å²) < 4.78 is 34.5. The van der Waals surface area contributed by atoms with Gasteiger partial charge >= 0.3 is 0 Å². The number of hydrogen-bond acceptors (Lipinski definition) is 11. The highest BCUT2D eigenvalue weighted by atomic mass is 32.2. The minimum atomic E-state index is -3.37. The molecule has 2 N–H and O–H groups in total. The van der Waals surface area contributed by atoms with Gasteiger partial charge in [-0.1, -0.05) is 0 Å². The van der Waals surface area contributed by atoms with Crippen LogP contribution >= 0.6 is 0 Å². The Bertz CT molecular complexity index is 1140.